The zero-order chi connectivity index (χ0) is 18.2. The standard InChI is InChI=1S/C20H22BrNO3/c1-3-12-25-17-7-4-15(5-8-17)19(23)10-11-20(24)22-18-9-6-16(21)13-14(18)2/h4-9,13H,3,10-12H2,1-2H3,(H,22,24). The molecule has 0 aliphatic rings. The molecule has 25 heavy (non-hydrogen) atoms. The van der Waals surface area contributed by atoms with Crippen LogP contribution in [0.4, 0.5) is 5.69 Å². The summed E-state index contributed by atoms with van der Waals surface area (Å²) in [7, 11) is 0. The van der Waals surface area contributed by atoms with Crippen molar-refractivity contribution >= 4 is 33.3 Å². The predicted octanol–water partition coefficient (Wildman–Crippen LogP) is 5.15. The molecule has 0 aliphatic heterocycles. The second-order valence-electron chi connectivity index (χ2n) is 5.80. The topological polar surface area (TPSA) is 55.4 Å². The highest BCUT2D eigenvalue weighted by molar-refractivity contribution is 9.10. The number of Topliss-reactive ketones (excluding diaryl/α,β-unsaturated/α-hetero) is 1. The van der Waals surface area contributed by atoms with Crippen LogP contribution in [-0.2, 0) is 4.79 Å². The number of carbonyl (C=O) groups is 2. The Hall–Kier alpha value is -2.14. The lowest BCUT2D eigenvalue weighted by Crippen LogP contribution is -2.14. The molecule has 0 saturated heterocycles. The fraction of sp³-hybridized carbons (Fsp3) is 0.300. The molecule has 0 atom stereocenters. The van der Waals surface area contributed by atoms with Gasteiger partial charge in [0.15, 0.2) is 5.78 Å². The van der Waals surface area contributed by atoms with Crippen LogP contribution in [0.3, 0.4) is 0 Å². The molecule has 0 heterocycles. The molecular formula is C20H22BrNO3. The summed E-state index contributed by atoms with van der Waals surface area (Å²) in [6.45, 7) is 4.62. The molecule has 0 bridgehead atoms. The number of carbonyl (C=O) groups excluding carboxylic acids is 2. The number of nitrogens with one attached hydrogen (secondary N) is 1. The van der Waals surface area contributed by atoms with Gasteiger partial charge in [0.2, 0.25) is 5.91 Å². The van der Waals surface area contributed by atoms with E-state index in [0.29, 0.717) is 12.2 Å². The lowest BCUT2D eigenvalue weighted by atomic mass is 10.1. The normalized spacial score (nSPS) is 10.4. The molecule has 0 spiro atoms. The largest absolute Gasteiger partial charge is 0.494 e. The lowest BCUT2D eigenvalue weighted by Gasteiger charge is -2.09. The number of benzene rings is 2. The monoisotopic (exact) mass is 403 g/mol. The zero-order valence-corrected chi connectivity index (χ0v) is 16.1. The highest BCUT2D eigenvalue weighted by Gasteiger charge is 2.11. The van der Waals surface area contributed by atoms with Crippen LogP contribution in [0.15, 0.2) is 46.9 Å². The van der Waals surface area contributed by atoms with E-state index in [-0.39, 0.29) is 24.5 Å². The summed E-state index contributed by atoms with van der Waals surface area (Å²) in [6, 6.07) is 12.7. The van der Waals surface area contributed by atoms with E-state index in [1.165, 1.54) is 0 Å². The first kappa shape index (κ1) is 19.2. The van der Waals surface area contributed by atoms with E-state index in [2.05, 4.69) is 21.2 Å². The quantitative estimate of drug-likeness (QED) is 0.620. The van der Waals surface area contributed by atoms with Gasteiger partial charge >= 0.3 is 0 Å². The molecule has 4 nitrogen and oxygen atoms in total. The van der Waals surface area contributed by atoms with Gasteiger partial charge in [0.1, 0.15) is 5.75 Å². The number of rotatable bonds is 8. The Morgan fingerprint density at radius 2 is 1.80 bits per heavy atom. The van der Waals surface area contributed by atoms with Gasteiger partial charge in [-0.25, -0.2) is 0 Å². The minimum Gasteiger partial charge on any atom is -0.494 e. The molecule has 1 amide bonds. The smallest absolute Gasteiger partial charge is 0.224 e. The number of ketones is 1. The average molecular weight is 404 g/mol. The van der Waals surface area contributed by atoms with Gasteiger partial charge in [-0.05, 0) is 61.4 Å². The van der Waals surface area contributed by atoms with E-state index in [0.717, 1.165) is 27.9 Å². The summed E-state index contributed by atoms with van der Waals surface area (Å²) in [5.74, 6) is 0.535. The third-order valence-corrected chi connectivity index (χ3v) is 4.18. The molecule has 1 N–H and O–H groups in total. The number of hydrogen-bond acceptors (Lipinski definition) is 3. The number of amides is 1. The highest BCUT2D eigenvalue weighted by atomic mass is 79.9. The molecule has 0 saturated carbocycles. The van der Waals surface area contributed by atoms with Crippen LogP contribution < -0.4 is 10.1 Å². The van der Waals surface area contributed by atoms with Crippen LogP contribution in [0.2, 0.25) is 0 Å². The molecular weight excluding hydrogens is 382 g/mol. The van der Waals surface area contributed by atoms with Gasteiger partial charge in [0, 0.05) is 28.6 Å². The summed E-state index contributed by atoms with van der Waals surface area (Å²) in [6.07, 6.45) is 1.27. The first-order valence-corrected chi connectivity index (χ1v) is 9.11. The Labute approximate surface area is 156 Å². The molecule has 0 unspecified atom stereocenters. The molecule has 0 aromatic heterocycles. The van der Waals surface area contributed by atoms with Crippen molar-refractivity contribution in [3.63, 3.8) is 0 Å². The van der Waals surface area contributed by atoms with E-state index < -0.39 is 0 Å². The molecule has 2 rings (SSSR count). The summed E-state index contributed by atoms with van der Waals surface area (Å²) in [4.78, 5) is 24.3. The van der Waals surface area contributed by atoms with E-state index in [9.17, 15) is 9.59 Å². The van der Waals surface area contributed by atoms with Gasteiger partial charge in [0.05, 0.1) is 6.61 Å². The van der Waals surface area contributed by atoms with Crippen LogP contribution in [0, 0.1) is 6.92 Å². The van der Waals surface area contributed by atoms with Crippen molar-refractivity contribution in [3.8, 4) is 5.75 Å². The van der Waals surface area contributed by atoms with Gasteiger partial charge in [-0.15, -0.1) is 0 Å². The number of ether oxygens (including phenoxy) is 1. The summed E-state index contributed by atoms with van der Waals surface area (Å²) in [5.41, 5.74) is 2.33. The first-order chi connectivity index (χ1) is 12.0. The fourth-order valence-corrected chi connectivity index (χ4v) is 2.78. The number of halogens is 1. The second-order valence-corrected chi connectivity index (χ2v) is 6.72. The Balaban J connectivity index is 1.85. The Bertz CT molecular complexity index is 741. The van der Waals surface area contributed by atoms with Gasteiger partial charge in [-0.3, -0.25) is 9.59 Å². The molecule has 5 heteroatoms. The fourth-order valence-electron chi connectivity index (χ4n) is 2.31. The van der Waals surface area contributed by atoms with Crippen molar-refractivity contribution in [2.24, 2.45) is 0 Å². The maximum atomic E-state index is 12.2. The summed E-state index contributed by atoms with van der Waals surface area (Å²) in [5, 5.41) is 2.84. The SMILES string of the molecule is CCCOc1ccc(C(=O)CCC(=O)Nc2ccc(Br)cc2C)cc1. The minimum atomic E-state index is -0.165. The third-order valence-electron chi connectivity index (χ3n) is 3.69. The van der Waals surface area contributed by atoms with Gasteiger partial charge < -0.3 is 10.1 Å². The van der Waals surface area contributed by atoms with Crippen LogP contribution >= 0.6 is 15.9 Å². The van der Waals surface area contributed by atoms with Crippen molar-refractivity contribution in [1.29, 1.82) is 0 Å². The van der Waals surface area contributed by atoms with Crippen molar-refractivity contribution in [3.05, 3.63) is 58.1 Å². The van der Waals surface area contributed by atoms with E-state index in [1.807, 2.05) is 32.0 Å². The van der Waals surface area contributed by atoms with E-state index in [1.54, 1.807) is 24.3 Å². The van der Waals surface area contributed by atoms with Crippen LogP contribution in [0.1, 0.15) is 42.1 Å². The predicted molar refractivity (Wildman–Crippen MR) is 103 cm³/mol. The number of anilines is 1. The number of aryl methyl sites for hydroxylation is 1. The Morgan fingerprint density at radius 3 is 2.44 bits per heavy atom. The van der Waals surface area contributed by atoms with Crippen molar-refractivity contribution in [2.75, 3.05) is 11.9 Å². The number of hydrogen-bond donors (Lipinski definition) is 1. The van der Waals surface area contributed by atoms with Crippen molar-refractivity contribution in [2.45, 2.75) is 33.1 Å². The molecule has 2 aromatic rings. The molecule has 2 aromatic carbocycles. The van der Waals surface area contributed by atoms with E-state index >= 15 is 0 Å². The highest BCUT2D eigenvalue weighted by Crippen LogP contribution is 2.20. The van der Waals surface area contributed by atoms with Crippen LogP contribution in [0.25, 0.3) is 0 Å². The average Bonchev–Trinajstić information content (AvgIpc) is 2.60. The first-order valence-electron chi connectivity index (χ1n) is 8.31. The van der Waals surface area contributed by atoms with E-state index in [4.69, 9.17) is 4.74 Å². The van der Waals surface area contributed by atoms with Crippen molar-refractivity contribution < 1.29 is 14.3 Å². The maximum absolute atomic E-state index is 12.2. The minimum absolute atomic E-state index is 0.0512. The molecule has 0 radical (unpaired) electrons. The van der Waals surface area contributed by atoms with Crippen LogP contribution in [0.5, 0.6) is 5.75 Å². The molecule has 0 aliphatic carbocycles. The van der Waals surface area contributed by atoms with Gasteiger partial charge in [-0.1, -0.05) is 22.9 Å². The zero-order valence-electron chi connectivity index (χ0n) is 14.5. The third kappa shape index (κ3) is 6.02. The Kier molecular flexibility index (Phi) is 7.19. The summed E-state index contributed by atoms with van der Waals surface area (Å²) >= 11 is 3.39. The second kappa shape index (κ2) is 9.37. The molecule has 132 valence electrons. The lowest BCUT2D eigenvalue weighted by molar-refractivity contribution is -0.116. The van der Waals surface area contributed by atoms with Crippen molar-refractivity contribution in [1.82, 2.24) is 0 Å². The summed E-state index contributed by atoms with van der Waals surface area (Å²) < 4.78 is 6.46. The molecule has 0 fully saturated rings. The van der Waals surface area contributed by atoms with Crippen LogP contribution in [-0.4, -0.2) is 18.3 Å². The maximum Gasteiger partial charge on any atom is 0.224 e. The van der Waals surface area contributed by atoms with Gasteiger partial charge in [0.25, 0.3) is 0 Å². The Morgan fingerprint density at radius 1 is 1.08 bits per heavy atom. The van der Waals surface area contributed by atoms with Gasteiger partial charge in [-0.2, -0.15) is 0 Å².